The molecule has 0 amide bonds. The van der Waals surface area contributed by atoms with Gasteiger partial charge in [0.2, 0.25) is 0 Å². The number of halogens is 1. The first kappa shape index (κ1) is 11.6. The van der Waals surface area contributed by atoms with Crippen molar-refractivity contribution in [2.45, 2.75) is 18.1 Å². The first-order chi connectivity index (χ1) is 7.49. The fourth-order valence-electron chi connectivity index (χ4n) is 1.47. The fourth-order valence-corrected chi connectivity index (χ4v) is 3.35. The van der Waals surface area contributed by atoms with E-state index in [9.17, 15) is 8.42 Å². The molecule has 1 saturated carbocycles. The van der Waals surface area contributed by atoms with E-state index < -0.39 is 9.84 Å². The number of pyridine rings is 1. The number of hydrogen-bond acceptors (Lipinski definition) is 3. The molecule has 16 heavy (non-hydrogen) atoms. The van der Waals surface area contributed by atoms with Gasteiger partial charge in [-0.3, -0.25) is 0 Å². The summed E-state index contributed by atoms with van der Waals surface area (Å²) in [7, 11) is -3.03. The van der Waals surface area contributed by atoms with Gasteiger partial charge < -0.3 is 0 Å². The van der Waals surface area contributed by atoms with E-state index in [4.69, 9.17) is 11.6 Å². The molecule has 0 atom stereocenters. The van der Waals surface area contributed by atoms with Gasteiger partial charge in [0.05, 0.1) is 16.7 Å². The molecule has 0 bridgehead atoms. The van der Waals surface area contributed by atoms with Crippen LogP contribution in [0, 0.1) is 0 Å². The molecule has 2 rings (SSSR count). The number of aromatic nitrogens is 1. The normalized spacial score (nSPS) is 16.1. The minimum absolute atomic E-state index is 0.0228. The number of nitrogens with zero attached hydrogens (tertiary/aromatic N) is 1. The first-order valence-electron chi connectivity index (χ1n) is 5.01. The van der Waals surface area contributed by atoms with E-state index in [0.717, 1.165) is 12.8 Å². The number of rotatable bonds is 4. The molecule has 0 unspecified atom stereocenters. The van der Waals surface area contributed by atoms with Crippen molar-refractivity contribution >= 4 is 27.0 Å². The summed E-state index contributed by atoms with van der Waals surface area (Å²) < 4.78 is 23.5. The van der Waals surface area contributed by atoms with E-state index in [1.807, 2.05) is 0 Å². The van der Waals surface area contributed by atoms with E-state index >= 15 is 0 Å². The van der Waals surface area contributed by atoms with E-state index in [-0.39, 0.29) is 11.0 Å². The zero-order valence-corrected chi connectivity index (χ0v) is 10.3. The summed E-state index contributed by atoms with van der Waals surface area (Å²) in [5.74, 6) is -0.0228. The highest BCUT2D eigenvalue weighted by molar-refractivity contribution is 7.92. The second kappa shape index (κ2) is 4.18. The van der Waals surface area contributed by atoms with Gasteiger partial charge in [-0.1, -0.05) is 24.2 Å². The summed E-state index contributed by atoms with van der Waals surface area (Å²) in [5, 5.41) is 0.186. The lowest BCUT2D eigenvalue weighted by Crippen LogP contribution is -2.13. The maximum atomic E-state index is 11.7. The number of sulfone groups is 1. The number of hydrogen-bond donors (Lipinski definition) is 0. The molecule has 1 aliphatic carbocycles. The third-order valence-corrected chi connectivity index (χ3v) is 4.93. The Bertz CT molecular complexity index is 521. The lowest BCUT2D eigenvalue weighted by Gasteiger charge is -2.05. The summed E-state index contributed by atoms with van der Waals surface area (Å²) in [6, 6.07) is 5.10. The van der Waals surface area contributed by atoms with Gasteiger partial charge in [0.1, 0.15) is 5.15 Å². The molecule has 0 aromatic carbocycles. The van der Waals surface area contributed by atoms with Crippen LogP contribution in [0.2, 0.25) is 5.15 Å². The van der Waals surface area contributed by atoms with Crippen LogP contribution in [0.4, 0.5) is 0 Å². The molecule has 0 radical (unpaired) electrons. The van der Waals surface area contributed by atoms with Gasteiger partial charge in [-0.25, -0.2) is 13.4 Å². The lowest BCUT2D eigenvalue weighted by atomic mass is 10.2. The third-order valence-electron chi connectivity index (χ3n) is 2.49. The molecule has 1 aromatic heterocycles. The van der Waals surface area contributed by atoms with Gasteiger partial charge in [-0.2, -0.15) is 0 Å². The van der Waals surface area contributed by atoms with Crippen LogP contribution < -0.4 is 0 Å². The topological polar surface area (TPSA) is 47.0 Å². The zero-order valence-electron chi connectivity index (χ0n) is 8.69. The van der Waals surface area contributed by atoms with Crippen molar-refractivity contribution in [2.75, 3.05) is 5.75 Å². The summed E-state index contributed by atoms with van der Waals surface area (Å²) >= 11 is 5.73. The van der Waals surface area contributed by atoms with E-state index in [2.05, 4.69) is 11.6 Å². The molecule has 0 N–H and O–H groups in total. The molecule has 1 heterocycles. The Morgan fingerprint density at radius 3 is 2.75 bits per heavy atom. The first-order valence-corrected chi connectivity index (χ1v) is 7.10. The van der Waals surface area contributed by atoms with E-state index in [1.165, 1.54) is 0 Å². The van der Waals surface area contributed by atoms with Gasteiger partial charge in [0, 0.05) is 0 Å². The van der Waals surface area contributed by atoms with Crippen LogP contribution in [0.1, 0.15) is 18.5 Å². The van der Waals surface area contributed by atoms with Crippen molar-refractivity contribution in [2.24, 2.45) is 0 Å². The summed E-state index contributed by atoms with van der Waals surface area (Å²) in [4.78, 5) is 4.04. The molecule has 5 heteroatoms. The van der Waals surface area contributed by atoms with E-state index in [1.54, 1.807) is 18.2 Å². The summed E-state index contributed by atoms with van der Waals surface area (Å²) in [6.07, 6.45) is 1.55. The van der Waals surface area contributed by atoms with Gasteiger partial charge in [-0.15, -0.1) is 0 Å². The predicted octanol–water partition coefficient (Wildman–Crippen LogP) is 2.33. The predicted molar refractivity (Wildman–Crippen MR) is 65.1 cm³/mol. The van der Waals surface area contributed by atoms with Crippen LogP contribution in [0.25, 0.3) is 5.57 Å². The zero-order chi connectivity index (χ0) is 11.8. The van der Waals surface area contributed by atoms with Crippen LogP contribution in [0.5, 0.6) is 0 Å². The quantitative estimate of drug-likeness (QED) is 0.778. The Labute approximate surface area is 100 Å². The minimum Gasteiger partial charge on any atom is -0.236 e. The second-order valence-corrected chi connectivity index (χ2v) is 6.62. The fraction of sp³-hybridized carbons (Fsp3) is 0.364. The Hall–Kier alpha value is -0.870. The maximum Gasteiger partial charge on any atom is 0.157 e. The van der Waals surface area contributed by atoms with Gasteiger partial charge in [-0.05, 0) is 30.5 Å². The van der Waals surface area contributed by atoms with Crippen molar-refractivity contribution in [1.82, 2.24) is 4.98 Å². The Kier molecular flexibility index (Phi) is 3.04. The average Bonchev–Trinajstić information content (AvgIpc) is 3.00. The molecule has 86 valence electrons. The van der Waals surface area contributed by atoms with Gasteiger partial charge >= 0.3 is 0 Å². The molecule has 0 saturated heterocycles. The van der Waals surface area contributed by atoms with Crippen LogP contribution in [0.3, 0.4) is 0 Å². The lowest BCUT2D eigenvalue weighted by molar-refractivity contribution is 0.598. The third kappa shape index (κ3) is 2.62. The molecule has 3 nitrogen and oxygen atoms in total. The van der Waals surface area contributed by atoms with Crippen LogP contribution >= 0.6 is 11.6 Å². The molecule has 1 aliphatic rings. The average molecular weight is 258 g/mol. The van der Waals surface area contributed by atoms with Gasteiger partial charge in [0.15, 0.2) is 9.84 Å². The van der Waals surface area contributed by atoms with Gasteiger partial charge in [0.25, 0.3) is 0 Å². The van der Waals surface area contributed by atoms with Crippen LogP contribution in [-0.4, -0.2) is 24.4 Å². The summed E-state index contributed by atoms with van der Waals surface area (Å²) in [6.45, 7) is 3.76. The monoisotopic (exact) mass is 257 g/mol. The van der Waals surface area contributed by atoms with Crippen molar-refractivity contribution in [1.29, 1.82) is 0 Å². The molecular formula is C11H12ClNO2S. The molecule has 0 aliphatic heterocycles. The molecule has 1 aromatic rings. The highest BCUT2D eigenvalue weighted by Crippen LogP contribution is 2.31. The highest BCUT2D eigenvalue weighted by atomic mass is 35.5. The highest BCUT2D eigenvalue weighted by Gasteiger charge is 2.35. The van der Waals surface area contributed by atoms with Crippen molar-refractivity contribution in [3.05, 3.63) is 35.6 Å². The molecule has 0 spiro atoms. The standard InChI is InChI=1S/C11H12ClNO2S/c1-8(7-16(14,15)9-5-6-9)10-3-2-4-11(12)13-10/h2-4,9H,1,5-7H2. The smallest absolute Gasteiger partial charge is 0.157 e. The second-order valence-electron chi connectivity index (χ2n) is 3.96. The maximum absolute atomic E-state index is 11.7. The van der Waals surface area contributed by atoms with Crippen LogP contribution in [0.15, 0.2) is 24.8 Å². The van der Waals surface area contributed by atoms with Crippen LogP contribution in [-0.2, 0) is 9.84 Å². The van der Waals surface area contributed by atoms with Crippen molar-refractivity contribution < 1.29 is 8.42 Å². The largest absolute Gasteiger partial charge is 0.236 e. The Morgan fingerprint density at radius 1 is 1.50 bits per heavy atom. The SMILES string of the molecule is C=C(CS(=O)(=O)C1CC1)c1cccc(Cl)n1. The van der Waals surface area contributed by atoms with Crippen molar-refractivity contribution in [3.8, 4) is 0 Å². The Morgan fingerprint density at radius 2 is 2.19 bits per heavy atom. The van der Waals surface area contributed by atoms with E-state index in [0.29, 0.717) is 16.4 Å². The minimum atomic E-state index is -3.03. The molecule has 1 fully saturated rings. The molecular weight excluding hydrogens is 246 g/mol. The Balaban J connectivity index is 2.14. The van der Waals surface area contributed by atoms with Crippen molar-refractivity contribution in [3.63, 3.8) is 0 Å². The summed E-state index contributed by atoms with van der Waals surface area (Å²) in [5.41, 5.74) is 1.06.